The molecule has 1 aliphatic carbocycles. The van der Waals surface area contributed by atoms with Gasteiger partial charge < -0.3 is 10.5 Å². The summed E-state index contributed by atoms with van der Waals surface area (Å²) < 4.78 is 71.3. The van der Waals surface area contributed by atoms with E-state index in [2.05, 4.69) is 4.72 Å². The molecule has 5 nitrogen and oxygen atoms in total. The van der Waals surface area contributed by atoms with Crippen molar-refractivity contribution in [1.82, 2.24) is 0 Å². The normalized spacial score (nSPS) is 17.3. The van der Waals surface area contributed by atoms with Gasteiger partial charge in [-0.2, -0.15) is 13.2 Å². The molecule has 0 unspecified atom stereocenters. The smallest absolute Gasteiger partial charge is 0.416 e. The Bertz CT molecular complexity index is 942. The van der Waals surface area contributed by atoms with Crippen molar-refractivity contribution in [2.75, 3.05) is 11.8 Å². The maximum atomic E-state index is 12.8. The Morgan fingerprint density at radius 3 is 2.37 bits per heavy atom. The van der Waals surface area contributed by atoms with Gasteiger partial charge in [-0.3, -0.25) is 4.72 Å². The van der Waals surface area contributed by atoms with Crippen LogP contribution in [0, 0.1) is 0 Å². The summed E-state index contributed by atoms with van der Waals surface area (Å²) in [6.45, 7) is 0. The number of halogens is 3. The minimum absolute atomic E-state index is 0.0556. The molecule has 0 fully saturated rings. The zero-order valence-corrected chi connectivity index (χ0v) is 15.3. The molecule has 0 heterocycles. The third-order valence-electron chi connectivity index (χ3n) is 4.55. The highest BCUT2D eigenvalue weighted by molar-refractivity contribution is 7.92. The van der Waals surface area contributed by atoms with Crippen molar-refractivity contribution >= 4 is 15.7 Å². The molecule has 1 aliphatic rings. The fraction of sp³-hybridized carbons (Fsp3) is 0.333. The van der Waals surface area contributed by atoms with Gasteiger partial charge in [0.15, 0.2) is 0 Å². The van der Waals surface area contributed by atoms with E-state index in [0.717, 1.165) is 29.8 Å². The van der Waals surface area contributed by atoms with Crippen LogP contribution in [-0.2, 0) is 29.0 Å². The summed E-state index contributed by atoms with van der Waals surface area (Å²) in [6, 6.07) is 6.78. The molecule has 9 heteroatoms. The summed E-state index contributed by atoms with van der Waals surface area (Å²) in [5.74, 6) is 0.577. The van der Waals surface area contributed by atoms with Crippen molar-refractivity contribution < 1.29 is 26.3 Å². The lowest BCUT2D eigenvalue weighted by molar-refractivity contribution is -0.137. The molecule has 0 saturated carbocycles. The molecule has 1 atom stereocenters. The zero-order chi connectivity index (χ0) is 19.8. The van der Waals surface area contributed by atoms with Crippen molar-refractivity contribution in [1.29, 1.82) is 0 Å². The molecule has 146 valence electrons. The third-order valence-corrected chi connectivity index (χ3v) is 6.02. The molecule has 0 aliphatic heterocycles. The quantitative estimate of drug-likeness (QED) is 0.825. The number of anilines is 1. The molecule has 3 rings (SSSR count). The van der Waals surface area contributed by atoms with Gasteiger partial charge in [0.25, 0.3) is 10.0 Å². The van der Waals surface area contributed by atoms with E-state index in [1.54, 1.807) is 6.07 Å². The van der Waals surface area contributed by atoms with E-state index in [9.17, 15) is 21.6 Å². The number of hydrogen-bond donors (Lipinski definition) is 2. The van der Waals surface area contributed by atoms with Gasteiger partial charge in [-0.25, -0.2) is 8.42 Å². The van der Waals surface area contributed by atoms with E-state index in [-0.39, 0.29) is 16.6 Å². The van der Waals surface area contributed by atoms with Gasteiger partial charge >= 0.3 is 6.18 Å². The van der Waals surface area contributed by atoms with Crippen LogP contribution >= 0.6 is 0 Å². The van der Waals surface area contributed by atoms with E-state index in [1.165, 1.54) is 13.2 Å². The monoisotopic (exact) mass is 400 g/mol. The van der Waals surface area contributed by atoms with Gasteiger partial charge in [-0.1, -0.05) is 0 Å². The van der Waals surface area contributed by atoms with Crippen LogP contribution < -0.4 is 15.2 Å². The van der Waals surface area contributed by atoms with Crippen LogP contribution in [0.4, 0.5) is 18.9 Å². The average Bonchev–Trinajstić information content (AvgIpc) is 2.59. The number of sulfonamides is 1. The van der Waals surface area contributed by atoms with Crippen LogP contribution in [0.3, 0.4) is 0 Å². The maximum absolute atomic E-state index is 12.8. The molecular formula is C18H19F3N2O3S. The van der Waals surface area contributed by atoms with Crippen LogP contribution in [-0.4, -0.2) is 21.6 Å². The second-order valence-corrected chi connectivity index (χ2v) is 8.06. The van der Waals surface area contributed by atoms with Crippen LogP contribution in [0.2, 0.25) is 0 Å². The average molecular weight is 400 g/mol. The molecule has 2 aromatic rings. The summed E-state index contributed by atoms with van der Waals surface area (Å²) >= 11 is 0. The Balaban J connectivity index is 1.95. The van der Waals surface area contributed by atoms with Crippen LogP contribution in [0.1, 0.15) is 23.1 Å². The second kappa shape index (κ2) is 7.05. The van der Waals surface area contributed by atoms with Crippen LogP contribution in [0.5, 0.6) is 5.75 Å². The molecular weight excluding hydrogens is 381 g/mol. The molecule has 3 N–H and O–H groups in total. The lowest BCUT2D eigenvalue weighted by Crippen LogP contribution is -2.29. The standard InChI is InChI=1S/C18H19F3N2O3S/c1-26-16-8-9-17(14-7-4-12(22)10-15(14)16)27(24,25)23-13-5-2-11(3-6-13)18(19,20)21/h2-3,5-6,8-9,12,23H,4,7,10,22H2,1H3/t12-/m0/s1. The minimum atomic E-state index is -4.48. The molecule has 0 aromatic heterocycles. The van der Waals surface area contributed by atoms with Gasteiger partial charge in [0, 0.05) is 17.3 Å². The Morgan fingerprint density at radius 1 is 1.11 bits per heavy atom. The maximum Gasteiger partial charge on any atom is 0.416 e. The Hall–Kier alpha value is -2.26. The number of benzene rings is 2. The Morgan fingerprint density at radius 2 is 1.78 bits per heavy atom. The first-order valence-corrected chi connectivity index (χ1v) is 9.74. The van der Waals surface area contributed by atoms with E-state index in [0.29, 0.717) is 30.6 Å². The molecule has 0 amide bonds. The summed E-state index contributed by atoms with van der Waals surface area (Å²) in [7, 11) is -2.47. The highest BCUT2D eigenvalue weighted by Gasteiger charge is 2.31. The van der Waals surface area contributed by atoms with Gasteiger partial charge in [-0.05, 0) is 61.2 Å². The first kappa shape index (κ1) is 19.5. The van der Waals surface area contributed by atoms with E-state index in [1.807, 2.05) is 0 Å². The SMILES string of the molecule is COc1ccc(S(=O)(=O)Nc2ccc(C(F)(F)F)cc2)c2c1C[C@@H](N)CC2. The van der Waals surface area contributed by atoms with Crippen LogP contribution in [0.15, 0.2) is 41.3 Å². The highest BCUT2D eigenvalue weighted by Crippen LogP contribution is 2.35. The topological polar surface area (TPSA) is 81.4 Å². The van der Waals surface area contributed by atoms with Crippen molar-refractivity contribution in [2.45, 2.75) is 36.4 Å². The predicted molar refractivity (Wildman–Crippen MR) is 95.2 cm³/mol. The third kappa shape index (κ3) is 4.03. The Labute approximate surface area is 155 Å². The van der Waals surface area contributed by atoms with Crippen molar-refractivity contribution in [2.24, 2.45) is 5.73 Å². The largest absolute Gasteiger partial charge is 0.496 e. The number of hydrogen-bond acceptors (Lipinski definition) is 4. The molecule has 27 heavy (non-hydrogen) atoms. The van der Waals surface area contributed by atoms with Gasteiger partial charge in [0.05, 0.1) is 17.6 Å². The highest BCUT2D eigenvalue weighted by atomic mass is 32.2. The first-order chi connectivity index (χ1) is 12.6. The van der Waals surface area contributed by atoms with E-state index >= 15 is 0 Å². The molecule has 2 aromatic carbocycles. The summed E-state index contributed by atoms with van der Waals surface area (Å²) in [5.41, 5.74) is 6.59. The summed E-state index contributed by atoms with van der Waals surface area (Å²) in [4.78, 5) is 0.0881. The van der Waals surface area contributed by atoms with Crippen molar-refractivity contribution in [3.63, 3.8) is 0 Å². The fourth-order valence-corrected chi connectivity index (χ4v) is 4.58. The number of nitrogens with two attached hydrogens (primary N) is 1. The number of nitrogens with one attached hydrogen (secondary N) is 1. The van der Waals surface area contributed by atoms with Gasteiger partial charge in [0.2, 0.25) is 0 Å². The minimum Gasteiger partial charge on any atom is -0.496 e. The molecule has 0 bridgehead atoms. The number of fused-ring (bicyclic) bond motifs is 1. The number of ether oxygens (including phenoxy) is 1. The van der Waals surface area contributed by atoms with E-state index < -0.39 is 21.8 Å². The summed E-state index contributed by atoms with van der Waals surface area (Å²) in [6.07, 6.45) is -2.85. The Kier molecular flexibility index (Phi) is 5.09. The number of alkyl halides is 3. The summed E-state index contributed by atoms with van der Waals surface area (Å²) in [5, 5.41) is 0. The zero-order valence-electron chi connectivity index (χ0n) is 14.5. The number of methoxy groups -OCH3 is 1. The van der Waals surface area contributed by atoms with Crippen LogP contribution in [0.25, 0.3) is 0 Å². The lowest BCUT2D eigenvalue weighted by atomic mass is 9.88. The number of rotatable bonds is 4. The lowest BCUT2D eigenvalue weighted by Gasteiger charge is -2.25. The first-order valence-electron chi connectivity index (χ1n) is 8.26. The molecule has 0 spiro atoms. The predicted octanol–water partition coefficient (Wildman–Crippen LogP) is 3.33. The second-order valence-electron chi connectivity index (χ2n) is 6.41. The van der Waals surface area contributed by atoms with Gasteiger partial charge in [0.1, 0.15) is 5.75 Å². The molecule has 0 radical (unpaired) electrons. The fourth-order valence-electron chi connectivity index (χ4n) is 3.22. The van der Waals surface area contributed by atoms with E-state index in [4.69, 9.17) is 10.5 Å². The van der Waals surface area contributed by atoms with Crippen molar-refractivity contribution in [3.05, 3.63) is 53.1 Å². The van der Waals surface area contributed by atoms with Gasteiger partial charge in [-0.15, -0.1) is 0 Å². The van der Waals surface area contributed by atoms with Crippen molar-refractivity contribution in [3.8, 4) is 5.75 Å². The molecule has 0 saturated heterocycles.